The Bertz CT molecular complexity index is 507. The number of aryl methyl sites for hydroxylation is 1. The van der Waals surface area contributed by atoms with Crippen molar-refractivity contribution < 1.29 is 14.3 Å². The normalized spacial score (nSPS) is 12.0. The molecule has 4 nitrogen and oxygen atoms in total. The second kappa shape index (κ2) is 6.85. The molecule has 1 amide bonds. The fourth-order valence-corrected chi connectivity index (χ4v) is 1.92. The minimum Gasteiger partial charge on any atom is -0.491 e. The van der Waals surface area contributed by atoms with Crippen molar-refractivity contribution in [3.05, 3.63) is 27.3 Å². The number of carbonyl (C=O) groups excluding carboxylic acids is 1. The number of benzene rings is 1. The third kappa shape index (κ3) is 7.02. The molecular formula is C16H24INO3. The maximum Gasteiger partial charge on any atom is 0.408 e. The zero-order valence-corrected chi connectivity index (χ0v) is 15.7. The second-order valence-corrected chi connectivity index (χ2v) is 7.87. The van der Waals surface area contributed by atoms with E-state index in [1.54, 1.807) is 0 Å². The van der Waals surface area contributed by atoms with Crippen molar-refractivity contribution in [3.8, 4) is 5.75 Å². The monoisotopic (exact) mass is 405 g/mol. The molecular weight excluding hydrogens is 381 g/mol. The lowest BCUT2D eigenvalue weighted by molar-refractivity contribution is 0.0441. The molecule has 1 N–H and O–H groups in total. The summed E-state index contributed by atoms with van der Waals surface area (Å²) in [4.78, 5) is 11.8. The maximum atomic E-state index is 11.8. The van der Waals surface area contributed by atoms with Crippen molar-refractivity contribution in [2.45, 2.75) is 52.7 Å². The summed E-state index contributed by atoms with van der Waals surface area (Å²) in [5.74, 6) is 0.798. The van der Waals surface area contributed by atoms with Gasteiger partial charge in [-0.15, -0.1) is 0 Å². The van der Waals surface area contributed by atoms with Gasteiger partial charge in [-0.05, 0) is 87.9 Å². The molecule has 0 aliphatic heterocycles. The number of halogens is 1. The topological polar surface area (TPSA) is 47.6 Å². The number of alkyl carbamates (subject to hydrolysis) is 1. The van der Waals surface area contributed by atoms with E-state index >= 15 is 0 Å². The molecule has 1 aromatic rings. The van der Waals surface area contributed by atoms with E-state index in [9.17, 15) is 4.79 Å². The van der Waals surface area contributed by atoms with Crippen LogP contribution in [0.3, 0.4) is 0 Å². The number of carbonyl (C=O) groups is 1. The van der Waals surface area contributed by atoms with Gasteiger partial charge in [0.15, 0.2) is 0 Å². The highest BCUT2D eigenvalue weighted by atomic mass is 127. The molecule has 0 aliphatic carbocycles. The molecule has 0 radical (unpaired) electrons. The smallest absolute Gasteiger partial charge is 0.408 e. The predicted molar refractivity (Wildman–Crippen MR) is 92.8 cm³/mol. The van der Waals surface area contributed by atoms with Gasteiger partial charge in [0.05, 0.1) is 5.54 Å². The third-order valence-corrected chi connectivity index (χ3v) is 3.78. The van der Waals surface area contributed by atoms with Crippen LogP contribution in [0.5, 0.6) is 5.75 Å². The van der Waals surface area contributed by atoms with E-state index in [2.05, 4.69) is 27.9 Å². The predicted octanol–water partition coefficient (Wildman–Crippen LogP) is 4.28. The van der Waals surface area contributed by atoms with Gasteiger partial charge in [0, 0.05) is 3.57 Å². The summed E-state index contributed by atoms with van der Waals surface area (Å²) in [5, 5.41) is 2.82. The van der Waals surface area contributed by atoms with Gasteiger partial charge in [-0.2, -0.15) is 0 Å². The third-order valence-electron chi connectivity index (χ3n) is 2.57. The van der Waals surface area contributed by atoms with Crippen molar-refractivity contribution in [1.29, 1.82) is 0 Å². The Morgan fingerprint density at radius 1 is 1.24 bits per heavy atom. The van der Waals surface area contributed by atoms with Crippen molar-refractivity contribution in [2.24, 2.45) is 0 Å². The first-order valence-electron chi connectivity index (χ1n) is 6.89. The van der Waals surface area contributed by atoms with Crippen LogP contribution in [0.2, 0.25) is 0 Å². The van der Waals surface area contributed by atoms with Gasteiger partial charge in [0.25, 0.3) is 0 Å². The molecule has 0 aromatic heterocycles. The van der Waals surface area contributed by atoms with Crippen LogP contribution in [0.4, 0.5) is 4.79 Å². The van der Waals surface area contributed by atoms with Crippen LogP contribution in [-0.4, -0.2) is 23.8 Å². The van der Waals surface area contributed by atoms with E-state index in [1.165, 1.54) is 9.13 Å². The fourth-order valence-electron chi connectivity index (χ4n) is 1.59. The van der Waals surface area contributed by atoms with Gasteiger partial charge in [-0.3, -0.25) is 0 Å². The largest absolute Gasteiger partial charge is 0.491 e. The number of ether oxygens (including phenoxy) is 2. The molecule has 0 bridgehead atoms. The van der Waals surface area contributed by atoms with Crippen LogP contribution < -0.4 is 10.1 Å². The summed E-state index contributed by atoms with van der Waals surface area (Å²) in [6, 6.07) is 5.93. The van der Waals surface area contributed by atoms with Crippen LogP contribution in [0.1, 0.15) is 40.2 Å². The maximum absolute atomic E-state index is 11.8. The van der Waals surface area contributed by atoms with Gasteiger partial charge < -0.3 is 14.8 Å². The lowest BCUT2D eigenvalue weighted by atomic mass is 10.1. The zero-order chi connectivity index (χ0) is 16.3. The van der Waals surface area contributed by atoms with E-state index < -0.39 is 17.2 Å². The Hall–Kier alpha value is -0.980. The Kier molecular flexibility index (Phi) is 5.90. The summed E-state index contributed by atoms with van der Waals surface area (Å²) in [7, 11) is 0. The van der Waals surface area contributed by atoms with Crippen molar-refractivity contribution in [1.82, 2.24) is 5.32 Å². The highest BCUT2D eigenvalue weighted by Gasteiger charge is 2.25. The first-order chi connectivity index (χ1) is 9.48. The quantitative estimate of drug-likeness (QED) is 0.761. The summed E-state index contributed by atoms with van der Waals surface area (Å²) >= 11 is 2.28. The van der Waals surface area contributed by atoms with Gasteiger partial charge >= 0.3 is 6.09 Å². The molecule has 21 heavy (non-hydrogen) atoms. The Morgan fingerprint density at radius 3 is 2.38 bits per heavy atom. The summed E-state index contributed by atoms with van der Waals surface area (Å²) in [5.41, 5.74) is 0.152. The molecule has 1 rings (SSSR count). The van der Waals surface area contributed by atoms with Crippen molar-refractivity contribution in [3.63, 3.8) is 0 Å². The summed E-state index contributed by atoms with van der Waals surface area (Å²) in [6.07, 6.45) is -0.435. The van der Waals surface area contributed by atoms with Gasteiger partial charge in [0.1, 0.15) is 18.0 Å². The van der Waals surface area contributed by atoms with E-state index in [-0.39, 0.29) is 0 Å². The molecule has 0 fully saturated rings. The molecule has 0 saturated carbocycles. The summed E-state index contributed by atoms with van der Waals surface area (Å²) in [6.45, 7) is 11.7. The Labute approximate surface area is 140 Å². The van der Waals surface area contributed by atoms with E-state index in [0.717, 1.165) is 5.75 Å². The van der Waals surface area contributed by atoms with Crippen LogP contribution in [0.15, 0.2) is 18.2 Å². The van der Waals surface area contributed by atoms with Gasteiger partial charge in [-0.1, -0.05) is 0 Å². The lowest BCUT2D eigenvalue weighted by Crippen LogP contribution is -2.49. The minimum absolute atomic E-state index is 0.367. The van der Waals surface area contributed by atoms with Crippen LogP contribution in [0, 0.1) is 10.5 Å². The lowest BCUT2D eigenvalue weighted by Gasteiger charge is -2.28. The van der Waals surface area contributed by atoms with Gasteiger partial charge in [-0.25, -0.2) is 4.79 Å². The molecule has 0 atom stereocenters. The fraction of sp³-hybridized carbons (Fsp3) is 0.562. The number of hydrogen-bond acceptors (Lipinski definition) is 3. The zero-order valence-electron chi connectivity index (χ0n) is 13.5. The Morgan fingerprint density at radius 2 is 1.86 bits per heavy atom. The number of amides is 1. The molecule has 5 heteroatoms. The van der Waals surface area contributed by atoms with E-state index in [1.807, 2.05) is 59.7 Å². The molecule has 0 heterocycles. The van der Waals surface area contributed by atoms with Gasteiger partial charge in [0.2, 0.25) is 0 Å². The number of nitrogens with one attached hydrogen (secondary N) is 1. The minimum atomic E-state index is -0.515. The first kappa shape index (κ1) is 18.1. The molecule has 0 saturated heterocycles. The first-order valence-corrected chi connectivity index (χ1v) is 7.96. The van der Waals surface area contributed by atoms with E-state index in [4.69, 9.17) is 9.47 Å². The molecule has 0 aliphatic rings. The molecule has 0 unspecified atom stereocenters. The molecule has 1 aromatic carbocycles. The average Bonchev–Trinajstić information content (AvgIpc) is 2.27. The van der Waals surface area contributed by atoms with Crippen molar-refractivity contribution >= 4 is 28.7 Å². The second-order valence-electron chi connectivity index (χ2n) is 6.71. The Balaban J connectivity index is 2.56. The average molecular weight is 405 g/mol. The standard InChI is InChI=1S/C16H24INO3/c1-11-9-12(7-8-13(11)17)20-10-16(5,6)18-14(19)21-15(2,3)4/h7-9H,10H2,1-6H3,(H,18,19). The SMILES string of the molecule is Cc1cc(OCC(C)(C)NC(=O)OC(C)(C)C)ccc1I. The van der Waals surface area contributed by atoms with Crippen LogP contribution >= 0.6 is 22.6 Å². The summed E-state index contributed by atoms with van der Waals surface area (Å²) < 4.78 is 12.2. The van der Waals surface area contributed by atoms with Crippen LogP contribution in [0.25, 0.3) is 0 Å². The van der Waals surface area contributed by atoms with E-state index in [0.29, 0.717) is 6.61 Å². The number of rotatable bonds is 4. The number of hydrogen-bond donors (Lipinski definition) is 1. The molecule has 0 spiro atoms. The highest BCUT2D eigenvalue weighted by molar-refractivity contribution is 14.1. The van der Waals surface area contributed by atoms with Crippen molar-refractivity contribution in [2.75, 3.05) is 6.61 Å². The van der Waals surface area contributed by atoms with Crippen LogP contribution in [-0.2, 0) is 4.74 Å². The highest BCUT2D eigenvalue weighted by Crippen LogP contribution is 2.20. The molecule has 118 valence electrons.